The monoisotopic (exact) mass is 207 g/mol. The Bertz CT molecular complexity index is 304. The molecule has 1 aromatic carbocycles. The summed E-state index contributed by atoms with van der Waals surface area (Å²) in [5.41, 5.74) is 1.98. The third-order valence-corrected chi connectivity index (χ3v) is 3.35. The molecular formula is C11H13NOS. The number of hydrogen-bond donors (Lipinski definition) is 0. The first-order valence-corrected chi connectivity index (χ1v) is 5.93. The van der Waals surface area contributed by atoms with Crippen LogP contribution in [-0.4, -0.2) is 30.9 Å². The van der Waals surface area contributed by atoms with Gasteiger partial charge in [-0.2, -0.15) is 11.8 Å². The van der Waals surface area contributed by atoms with Gasteiger partial charge in [0.2, 0.25) is 0 Å². The fourth-order valence-electron chi connectivity index (χ4n) is 1.59. The van der Waals surface area contributed by atoms with Crippen LogP contribution in [0.5, 0.6) is 0 Å². The predicted octanol–water partition coefficient (Wildman–Crippen LogP) is 2.05. The van der Waals surface area contributed by atoms with E-state index in [1.54, 1.807) is 0 Å². The molecule has 0 bridgehead atoms. The molecule has 1 saturated heterocycles. The molecule has 0 spiro atoms. The lowest BCUT2D eigenvalue weighted by Crippen LogP contribution is -2.32. The highest BCUT2D eigenvalue weighted by Gasteiger charge is 2.10. The van der Waals surface area contributed by atoms with Gasteiger partial charge in [0, 0.05) is 35.8 Å². The van der Waals surface area contributed by atoms with Gasteiger partial charge in [0.1, 0.15) is 6.29 Å². The highest BCUT2D eigenvalue weighted by Crippen LogP contribution is 2.19. The summed E-state index contributed by atoms with van der Waals surface area (Å²) in [7, 11) is 0. The summed E-state index contributed by atoms with van der Waals surface area (Å²) in [6, 6.07) is 7.81. The van der Waals surface area contributed by atoms with Gasteiger partial charge >= 0.3 is 0 Å². The number of carbonyl (C=O) groups excluding carboxylic acids is 1. The molecule has 3 heteroatoms. The van der Waals surface area contributed by atoms with Crippen molar-refractivity contribution >= 4 is 23.7 Å². The van der Waals surface area contributed by atoms with Crippen LogP contribution in [0.4, 0.5) is 5.69 Å². The second kappa shape index (κ2) is 4.51. The van der Waals surface area contributed by atoms with Crippen molar-refractivity contribution in [3.63, 3.8) is 0 Å². The van der Waals surface area contributed by atoms with E-state index >= 15 is 0 Å². The minimum absolute atomic E-state index is 0.750. The second-order valence-corrected chi connectivity index (χ2v) is 4.53. The van der Waals surface area contributed by atoms with Crippen LogP contribution in [0.1, 0.15) is 10.4 Å². The molecule has 0 saturated carbocycles. The van der Waals surface area contributed by atoms with Gasteiger partial charge in [-0.05, 0) is 24.3 Å². The summed E-state index contributed by atoms with van der Waals surface area (Å²) in [6.07, 6.45) is 0.885. The van der Waals surface area contributed by atoms with E-state index in [-0.39, 0.29) is 0 Å². The number of rotatable bonds is 2. The minimum atomic E-state index is 0.750. The van der Waals surface area contributed by atoms with Crippen molar-refractivity contribution in [2.75, 3.05) is 29.5 Å². The van der Waals surface area contributed by atoms with Crippen LogP contribution in [0.2, 0.25) is 0 Å². The van der Waals surface area contributed by atoms with Gasteiger partial charge in [-0.1, -0.05) is 0 Å². The summed E-state index contributed by atoms with van der Waals surface area (Å²) >= 11 is 2.00. The van der Waals surface area contributed by atoms with Crippen molar-refractivity contribution in [1.82, 2.24) is 0 Å². The van der Waals surface area contributed by atoms with Crippen LogP contribution in [0, 0.1) is 0 Å². The maximum absolute atomic E-state index is 10.5. The Balaban J connectivity index is 2.11. The molecule has 1 aliphatic rings. The number of benzene rings is 1. The number of thioether (sulfide) groups is 1. The van der Waals surface area contributed by atoms with Crippen LogP contribution < -0.4 is 4.90 Å². The molecular weight excluding hydrogens is 194 g/mol. The number of anilines is 1. The van der Waals surface area contributed by atoms with Gasteiger partial charge in [-0.3, -0.25) is 4.79 Å². The smallest absolute Gasteiger partial charge is 0.150 e. The molecule has 0 atom stereocenters. The first-order valence-electron chi connectivity index (χ1n) is 4.78. The van der Waals surface area contributed by atoms with E-state index in [2.05, 4.69) is 4.90 Å². The van der Waals surface area contributed by atoms with Crippen molar-refractivity contribution in [2.45, 2.75) is 0 Å². The number of nitrogens with zero attached hydrogens (tertiary/aromatic N) is 1. The molecule has 74 valence electrons. The highest BCUT2D eigenvalue weighted by atomic mass is 32.2. The van der Waals surface area contributed by atoms with Crippen LogP contribution in [-0.2, 0) is 0 Å². The SMILES string of the molecule is O=Cc1ccc(N2CCSCC2)cc1. The number of carbonyl (C=O) groups is 1. The van der Waals surface area contributed by atoms with Crippen LogP contribution in [0.25, 0.3) is 0 Å². The van der Waals surface area contributed by atoms with Gasteiger partial charge in [-0.15, -0.1) is 0 Å². The summed E-state index contributed by atoms with van der Waals surface area (Å²) in [5.74, 6) is 2.41. The Morgan fingerprint density at radius 1 is 1.14 bits per heavy atom. The Kier molecular flexibility index (Phi) is 3.09. The van der Waals surface area contributed by atoms with Crippen molar-refractivity contribution in [3.05, 3.63) is 29.8 Å². The molecule has 0 amide bonds. The zero-order valence-electron chi connectivity index (χ0n) is 7.98. The molecule has 1 fully saturated rings. The maximum atomic E-state index is 10.5. The lowest BCUT2D eigenvalue weighted by Gasteiger charge is -2.28. The second-order valence-electron chi connectivity index (χ2n) is 3.31. The molecule has 0 N–H and O–H groups in total. The Labute approximate surface area is 88.3 Å². The van der Waals surface area contributed by atoms with Gasteiger partial charge in [0.15, 0.2) is 0 Å². The fraction of sp³-hybridized carbons (Fsp3) is 0.364. The van der Waals surface area contributed by atoms with Crippen molar-refractivity contribution in [1.29, 1.82) is 0 Å². The topological polar surface area (TPSA) is 20.3 Å². The predicted molar refractivity (Wildman–Crippen MR) is 61.4 cm³/mol. The Morgan fingerprint density at radius 3 is 2.36 bits per heavy atom. The highest BCUT2D eigenvalue weighted by molar-refractivity contribution is 7.99. The quantitative estimate of drug-likeness (QED) is 0.692. The molecule has 0 aromatic heterocycles. The van der Waals surface area contributed by atoms with E-state index in [1.165, 1.54) is 17.2 Å². The summed E-state index contributed by atoms with van der Waals surface area (Å²) in [4.78, 5) is 12.8. The molecule has 0 unspecified atom stereocenters. The molecule has 1 heterocycles. The molecule has 2 nitrogen and oxygen atoms in total. The first kappa shape index (κ1) is 9.59. The summed E-state index contributed by atoms with van der Waals surface area (Å²) in [6.45, 7) is 2.23. The normalized spacial score (nSPS) is 16.7. The average molecular weight is 207 g/mol. The van der Waals surface area contributed by atoms with E-state index in [0.29, 0.717) is 0 Å². The summed E-state index contributed by atoms with van der Waals surface area (Å²) < 4.78 is 0. The number of aldehydes is 1. The zero-order chi connectivity index (χ0) is 9.80. The van der Waals surface area contributed by atoms with Crippen molar-refractivity contribution in [3.8, 4) is 0 Å². The molecule has 0 radical (unpaired) electrons. The van der Waals surface area contributed by atoms with Crippen LogP contribution in [0.15, 0.2) is 24.3 Å². The van der Waals surface area contributed by atoms with Gasteiger partial charge in [-0.25, -0.2) is 0 Å². The Hall–Kier alpha value is -0.960. The van der Waals surface area contributed by atoms with E-state index in [0.717, 1.165) is 24.9 Å². The van der Waals surface area contributed by atoms with Gasteiger partial charge in [0.05, 0.1) is 0 Å². The molecule has 1 aliphatic heterocycles. The lowest BCUT2D eigenvalue weighted by molar-refractivity contribution is 0.112. The molecule has 14 heavy (non-hydrogen) atoms. The maximum Gasteiger partial charge on any atom is 0.150 e. The van der Waals surface area contributed by atoms with E-state index in [1.807, 2.05) is 36.0 Å². The van der Waals surface area contributed by atoms with Gasteiger partial charge in [0.25, 0.3) is 0 Å². The minimum Gasteiger partial charge on any atom is -0.370 e. The van der Waals surface area contributed by atoms with Gasteiger partial charge < -0.3 is 4.90 Å². The Morgan fingerprint density at radius 2 is 1.79 bits per heavy atom. The average Bonchev–Trinajstić information content (AvgIpc) is 2.30. The van der Waals surface area contributed by atoms with Crippen molar-refractivity contribution in [2.24, 2.45) is 0 Å². The zero-order valence-corrected chi connectivity index (χ0v) is 8.80. The standard InChI is InChI=1S/C11H13NOS/c13-9-10-1-3-11(4-2-10)12-5-7-14-8-6-12/h1-4,9H,5-8H2. The van der Waals surface area contributed by atoms with Crippen LogP contribution in [0.3, 0.4) is 0 Å². The molecule has 2 rings (SSSR count). The number of hydrogen-bond acceptors (Lipinski definition) is 3. The van der Waals surface area contributed by atoms with Crippen molar-refractivity contribution < 1.29 is 4.79 Å². The van der Waals surface area contributed by atoms with E-state index < -0.39 is 0 Å². The molecule has 0 aliphatic carbocycles. The molecule has 1 aromatic rings. The largest absolute Gasteiger partial charge is 0.370 e. The fourth-order valence-corrected chi connectivity index (χ4v) is 2.49. The lowest BCUT2D eigenvalue weighted by atomic mass is 10.2. The van der Waals surface area contributed by atoms with Crippen LogP contribution >= 0.6 is 11.8 Å². The van der Waals surface area contributed by atoms with E-state index in [9.17, 15) is 4.79 Å². The first-order chi connectivity index (χ1) is 6.90. The van der Waals surface area contributed by atoms with E-state index in [4.69, 9.17) is 0 Å². The third kappa shape index (κ3) is 2.10. The summed E-state index contributed by atoms with van der Waals surface area (Å²) in [5, 5.41) is 0. The third-order valence-electron chi connectivity index (χ3n) is 2.41.